The predicted molar refractivity (Wildman–Crippen MR) is 93.0 cm³/mol. The monoisotopic (exact) mass is 299 g/mol. The van der Waals surface area contributed by atoms with Gasteiger partial charge in [-0.05, 0) is 56.1 Å². The lowest BCUT2D eigenvalue weighted by atomic mass is 9.97. The summed E-state index contributed by atoms with van der Waals surface area (Å²) in [5.74, 6) is 1.57. The van der Waals surface area contributed by atoms with Crippen molar-refractivity contribution in [1.29, 1.82) is 5.26 Å². The summed E-state index contributed by atoms with van der Waals surface area (Å²) in [5.41, 5.74) is 1.99. The summed E-state index contributed by atoms with van der Waals surface area (Å²) >= 11 is 0. The lowest BCUT2D eigenvalue weighted by Gasteiger charge is -2.43. The number of hydrogen-bond acceptors (Lipinski definition) is 3. The molecule has 120 valence electrons. The van der Waals surface area contributed by atoms with Crippen LogP contribution >= 0.6 is 0 Å². The third-order valence-electron chi connectivity index (χ3n) is 4.40. The van der Waals surface area contributed by atoms with E-state index < -0.39 is 0 Å². The van der Waals surface area contributed by atoms with Gasteiger partial charge >= 0.3 is 0 Å². The van der Waals surface area contributed by atoms with E-state index in [0.717, 1.165) is 30.5 Å². The Bertz CT molecular complexity index is 480. The van der Waals surface area contributed by atoms with Crippen molar-refractivity contribution in [2.75, 3.05) is 37.6 Å². The van der Waals surface area contributed by atoms with Gasteiger partial charge in [-0.2, -0.15) is 5.26 Å². The first-order chi connectivity index (χ1) is 10.6. The van der Waals surface area contributed by atoms with Gasteiger partial charge in [0.25, 0.3) is 0 Å². The van der Waals surface area contributed by atoms with Crippen LogP contribution in [0.5, 0.6) is 0 Å². The Hall–Kier alpha value is -1.53. The first kappa shape index (κ1) is 16.8. The number of benzene rings is 1. The maximum atomic E-state index is 8.85. The first-order valence-corrected chi connectivity index (χ1v) is 8.59. The van der Waals surface area contributed by atoms with E-state index in [4.69, 9.17) is 5.26 Å². The van der Waals surface area contributed by atoms with Crippen LogP contribution in [0.1, 0.15) is 39.2 Å². The van der Waals surface area contributed by atoms with Crippen molar-refractivity contribution < 1.29 is 0 Å². The van der Waals surface area contributed by atoms with Gasteiger partial charge in [-0.25, -0.2) is 0 Å². The third-order valence-corrected chi connectivity index (χ3v) is 4.40. The molecular weight excluding hydrogens is 270 g/mol. The van der Waals surface area contributed by atoms with Crippen molar-refractivity contribution in [2.45, 2.75) is 33.6 Å². The molecule has 0 amide bonds. The van der Waals surface area contributed by atoms with Crippen LogP contribution in [0, 0.1) is 23.2 Å². The molecule has 2 rings (SSSR count). The molecule has 0 bridgehead atoms. The van der Waals surface area contributed by atoms with E-state index in [0.29, 0.717) is 0 Å². The molecular formula is C19H29N3. The SMILES string of the molecule is CCCN(CCC(C)C)CC1CN(c2ccc(C#N)cc2)C1. The topological polar surface area (TPSA) is 30.3 Å². The van der Waals surface area contributed by atoms with Gasteiger partial charge in [-0.1, -0.05) is 20.8 Å². The summed E-state index contributed by atoms with van der Waals surface area (Å²) in [7, 11) is 0. The minimum absolute atomic E-state index is 0.739. The number of nitriles is 1. The maximum Gasteiger partial charge on any atom is 0.0991 e. The molecule has 0 unspecified atom stereocenters. The van der Waals surface area contributed by atoms with Crippen molar-refractivity contribution in [3.8, 4) is 6.07 Å². The van der Waals surface area contributed by atoms with Gasteiger partial charge in [0.05, 0.1) is 11.6 Å². The molecule has 1 saturated heterocycles. The van der Waals surface area contributed by atoms with E-state index in [9.17, 15) is 0 Å². The van der Waals surface area contributed by atoms with Gasteiger partial charge in [0.1, 0.15) is 0 Å². The van der Waals surface area contributed by atoms with E-state index in [-0.39, 0.29) is 0 Å². The Kier molecular flexibility index (Phi) is 6.27. The van der Waals surface area contributed by atoms with Gasteiger partial charge < -0.3 is 9.80 Å². The van der Waals surface area contributed by atoms with Gasteiger partial charge in [-0.15, -0.1) is 0 Å². The van der Waals surface area contributed by atoms with Gasteiger partial charge in [0, 0.05) is 31.2 Å². The molecule has 1 heterocycles. The van der Waals surface area contributed by atoms with Crippen LogP contribution in [0.4, 0.5) is 5.69 Å². The molecule has 0 aromatic heterocycles. The number of nitrogens with zero attached hydrogens (tertiary/aromatic N) is 3. The lowest BCUT2D eigenvalue weighted by Crippen LogP contribution is -2.51. The van der Waals surface area contributed by atoms with Crippen molar-refractivity contribution in [3.63, 3.8) is 0 Å². The Morgan fingerprint density at radius 2 is 1.91 bits per heavy atom. The van der Waals surface area contributed by atoms with E-state index in [1.165, 1.54) is 38.2 Å². The van der Waals surface area contributed by atoms with Gasteiger partial charge in [-0.3, -0.25) is 0 Å². The molecule has 3 nitrogen and oxygen atoms in total. The largest absolute Gasteiger partial charge is 0.371 e. The number of rotatable bonds is 8. The summed E-state index contributed by atoms with van der Waals surface area (Å²) in [5, 5.41) is 8.85. The molecule has 0 atom stereocenters. The fourth-order valence-corrected chi connectivity index (χ4v) is 3.06. The van der Waals surface area contributed by atoms with Crippen LogP contribution in [0.25, 0.3) is 0 Å². The summed E-state index contributed by atoms with van der Waals surface area (Å²) in [6.45, 7) is 12.9. The number of anilines is 1. The van der Waals surface area contributed by atoms with Gasteiger partial charge in [0.2, 0.25) is 0 Å². The van der Waals surface area contributed by atoms with Crippen molar-refractivity contribution in [3.05, 3.63) is 29.8 Å². The van der Waals surface area contributed by atoms with Crippen LogP contribution < -0.4 is 4.90 Å². The highest BCUT2D eigenvalue weighted by atomic mass is 15.2. The van der Waals surface area contributed by atoms with E-state index in [2.05, 4.69) is 48.8 Å². The smallest absolute Gasteiger partial charge is 0.0991 e. The molecule has 1 aliphatic rings. The molecule has 0 N–H and O–H groups in total. The summed E-state index contributed by atoms with van der Waals surface area (Å²) in [6, 6.07) is 10.1. The molecule has 0 aliphatic carbocycles. The Morgan fingerprint density at radius 3 is 2.45 bits per heavy atom. The third kappa shape index (κ3) is 4.74. The quantitative estimate of drug-likeness (QED) is 0.732. The van der Waals surface area contributed by atoms with Crippen LogP contribution in [-0.4, -0.2) is 37.6 Å². The second-order valence-electron chi connectivity index (χ2n) is 6.91. The van der Waals surface area contributed by atoms with Crippen LogP contribution in [0.2, 0.25) is 0 Å². The minimum Gasteiger partial charge on any atom is -0.371 e. The standard InChI is InChI=1S/C19H29N3/c1-4-10-21(11-9-16(2)3)13-18-14-22(15-18)19-7-5-17(12-20)6-8-19/h5-8,16,18H,4,9-11,13-15H2,1-3H3. The van der Waals surface area contributed by atoms with Crippen molar-refractivity contribution in [1.82, 2.24) is 4.90 Å². The normalized spacial score (nSPS) is 15.2. The van der Waals surface area contributed by atoms with Crippen LogP contribution in [0.15, 0.2) is 24.3 Å². The molecule has 1 fully saturated rings. The molecule has 0 saturated carbocycles. The van der Waals surface area contributed by atoms with Gasteiger partial charge in [0.15, 0.2) is 0 Å². The molecule has 3 heteroatoms. The zero-order valence-corrected chi connectivity index (χ0v) is 14.3. The number of hydrogen-bond donors (Lipinski definition) is 0. The van der Waals surface area contributed by atoms with Crippen molar-refractivity contribution >= 4 is 5.69 Å². The minimum atomic E-state index is 0.739. The van der Waals surface area contributed by atoms with E-state index >= 15 is 0 Å². The summed E-state index contributed by atoms with van der Waals surface area (Å²) in [6.07, 6.45) is 2.54. The Balaban J connectivity index is 1.78. The first-order valence-electron chi connectivity index (χ1n) is 8.59. The lowest BCUT2D eigenvalue weighted by molar-refractivity contribution is 0.200. The average Bonchev–Trinajstić information content (AvgIpc) is 2.48. The molecule has 0 radical (unpaired) electrons. The molecule has 1 aromatic carbocycles. The van der Waals surface area contributed by atoms with Crippen LogP contribution in [-0.2, 0) is 0 Å². The average molecular weight is 299 g/mol. The predicted octanol–water partition coefficient (Wildman–Crippen LogP) is 3.75. The molecule has 22 heavy (non-hydrogen) atoms. The fraction of sp³-hybridized carbons (Fsp3) is 0.632. The highest BCUT2D eigenvalue weighted by molar-refractivity contribution is 5.51. The van der Waals surface area contributed by atoms with Crippen LogP contribution in [0.3, 0.4) is 0 Å². The second kappa shape index (κ2) is 8.19. The second-order valence-corrected chi connectivity index (χ2v) is 6.91. The Labute approximate surface area is 135 Å². The van der Waals surface area contributed by atoms with Crippen molar-refractivity contribution in [2.24, 2.45) is 11.8 Å². The molecule has 1 aliphatic heterocycles. The summed E-state index contributed by atoms with van der Waals surface area (Å²) < 4.78 is 0. The van der Waals surface area contributed by atoms with E-state index in [1.807, 2.05) is 12.1 Å². The highest BCUT2D eigenvalue weighted by Gasteiger charge is 2.28. The maximum absolute atomic E-state index is 8.85. The molecule has 1 aromatic rings. The molecule has 0 spiro atoms. The summed E-state index contributed by atoms with van der Waals surface area (Å²) in [4.78, 5) is 5.05. The zero-order valence-electron chi connectivity index (χ0n) is 14.3. The Morgan fingerprint density at radius 1 is 1.23 bits per heavy atom. The van der Waals surface area contributed by atoms with E-state index in [1.54, 1.807) is 0 Å². The zero-order chi connectivity index (χ0) is 15.9. The highest BCUT2D eigenvalue weighted by Crippen LogP contribution is 2.25. The fourth-order valence-electron chi connectivity index (χ4n) is 3.06.